The summed E-state index contributed by atoms with van der Waals surface area (Å²) in [6, 6.07) is 8.18. The van der Waals surface area contributed by atoms with Crippen LogP contribution in [0.5, 0.6) is 0 Å². The minimum absolute atomic E-state index is 0.101. The average Bonchev–Trinajstić information content (AvgIpc) is 2.85. The van der Waals surface area contributed by atoms with Gasteiger partial charge >= 0.3 is 0 Å². The first-order valence-corrected chi connectivity index (χ1v) is 7.31. The summed E-state index contributed by atoms with van der Waals surface area (Å²) in [6.07, 6.45) is 1.43. The molecule has 0 fully saturated rings. The summed E-state index contributed by atoms with van der Waals surface area (Å²) in [5.74, 6) is 5.59. The van der Waals surface area contributed by atoms with Gasteiger partial charge in [0.1, 0.15) is 0 Å². The lowest BCUT2D eigenvalue weighted by molar-refractivity contribution is 0.582. The number of nitrogens with two attached hydrogens (primary N) is 1. The Bertz CT molecular complexity index is 752. The highest BCUT2D eigenvalue weighted by Crippen LogP contribution is 2.15. The number of nitrogens with one attached hydrogen (secondary N) is 1. The van der Waals surface area contributed by atoms with Gasteiger partial charge in [-0.15, -0.1) is 0 Å². The van der Waals surface area contributed by atoms with Crippen LogP contribution in [0.4, 0.5) is 5.69 Å². The van der Waals surface area contributed by atoms with Gasteiger partial charge in [0.25, 0.3) is 10.0 Å². The van der Waals surface area contributed by atoms with E-state index in [9.17, 15) is 8.42 Å². The number of hydrogen-bond donors (Lipinski definition) is 2. The summed E-state index contributed by atoms with van der Waals surface area (Å²) < 4.78 is 28.0. The molecule has 1 aromatic heterocycles. The molecular formula is C13H14N4O2S. The minimum Gasteiger partial charge on any atom is -0.320 e. The van der Waals surface area contributed by atoms with Crippen molar-refractivity contribution in [1.82, 2.24) is 9.78 Å². The SMILES string of the molecule is Cn1nccc1S(=O)(=O)Nc1ccc(C#CCN)cc1. The van der Waals surface area contributed by atoms with Crippen molar-refractivity contribution in [2.24, 2.45) is 12.8 Å². The van der Waals surface area contributed by atoms with E-state index in [4.69, 9.17) is 5.73 Å². The average molecular weight is 290 g/mol. The monoisotopic (exact) mass is 290 g/mol. The summed E-state index contributed by atoms with van der Waals surface area (Å²) in [6.45, 7) is 0.287. The molecule has 0 atom stereocenters. The van der Waals surface area contributed by atoms with Gasteiger partial charge in [-0.05, 0) is 30.3 Å². The predicted molar refractivity (Wildman–Crippen MR) is 76.4 cm³/mol. The number of aromatic nitrogens is 2. The van der Waals surface area contributed by atoms with Gasteiger partial charge in [0.15, 0.2) is 5.03 Å². The summed E-state index contributed by atoms with van der Waals surface area (Å²) in [4.78, 5) is 0. The number of benzene rings is 1. The normalized spacial score (nSPS) is 10.7. The molecule has 6 nitrogen and oxygen atoms in total. The topological polar surface area (TPSA) is 90.0 Å². The molecule has 7 heteroatoms. The molecule has 104 valence electrons. The van der Waals surface area contributed by atoms with Gasteiger partial charge in [-0.1, -0.05) is 11.8 Å². The molecule has 0 saturated carbocycles. The maximum absolute atomic E-state index is 12.1. The molecule has 1 heterocycles. The van der Waals surface area contributed by atoms with E-state index in [0.717, 1.165) is 5.56 Å². The molecule has 0 aliphatic carbocycles. The second-order valence-electron chi connectivity index (χ2n) is 3.98. The Morgan fingerprint density at radius 1 is 1.30 bits per heavy atom. The summed E-state index contributed by atoms with van der Waals surface area (Å²) >= 11 is 0. The molecule has 2 aromatic rings. The van der Waals surface area contributed by atoms with Crippen molar-refractivity contribution in [1.29, 1.82) is 0 Å². The van der Waals surface area contributed by atoms with Crippen molar-refractivity contribution in [3.8, 4) is 11.8 Å². The van der Waals surface area contributed by atoms with Crippen molar-refractivity contribution < 1.29 is 8.42 Å². The Morgan fingerprint density at radius 3 is 2.55 bits per heavy atom. The first kappa shape index (κ1) is 14.1. The fourth-order valence-corrected chi connectivity index (χ4v) is 2.79. The first-order chi connectivity index (χ1) is 9.53. The molecule has 1 aromatic carbocycles. The third kappa shape index (κ3) is 3.17. The van der Waals surface area contributed by atoms with E-state index >= 15 is 0 Å². The van der Waals surface area contributed by atoms with Crippen LogP contribution in [-0.4, -0.2) is 24.7 Å². The van der Waals surface area contributed by atoms with Crippen molar-refractivity contribution in [3.05, 3.63) is 42.1 Å². The van der Waals surface area contributed by atoms with E-state index in [1.807, 2.05) is 0 Å². The highest BCUT2D eigenvalue weighted by molar-refractivity contribution is 7.92. The quantitative estimate of drug-likeness (QED) is 0.807. The van der Waals surface area contributed by atoms with Gasteiger partial charge < -0.3 is 5.73 Å². The van der Waals surface area contributed by atoms with Gasteiger partial charge in [-0.2, -0.15) is 13.5 Å². The van der Waals surface area contributed by atoms with Crippen LogP contribution < -0.4 is 10.5 Å². The predicted octanol–water partition coefficient (Wildman–Crippen LogP) is 0.531. The van der Waals surface area contributed by atoms with E-state index in [0.29, 0.717) is 5.69 Å². The van der Waals surface area contributed by atoms with E-state index in [1.165, 1.54) is 16.9 Å². The van der Waals surface area contributed by atoms with Crippen LogP contribution in [0.3, 0.4) is 0 Å². The van der Waals surface area contributed by atoms with Gasteiger partial charge in [0.05, 0.1) is 12.7 Å². The Labute approximate surface area is 117 Å². The van der Waals surface area contributed by atoms with Crippen LogP contribution in [0.2, 0.25) is 0 Å². The third-order valence-electron chi connectivity index (χ3n) is 2.52. The van der Waals surface area contributed by atoms with Crippen LogP contribution in [0.1, 0.15) is 5.56 Å². The van der Waals surface area contributed by atoms with E-state index in [-0.39, 0.29) is 11.6 Å². The third-order valence-corrected chi connectivity index (χ3v) is 3.98. The maximum Gasteiger partial charge on any atom is 0.279 e. The molecule has 20 heavy (non-hydrogen) atoms. The standard InChI is InChI=1S/C13H14N4O2S/c1-17-13(8-10-15-17)20(18,19)16-12-6-4-11(5-7-12)3-2-9-14/h4-8,10,16H,9,14H2,1H3. The number of aryl methyl sites for hydroxylation is 1. The van der Waals surface area contributed by atoms with Crippen LogP contribution in [0.15, 0.2) is 41.6 Å². The van der Waals surface area contributed by atoms with Crippen LogP contribution in [0, 0.1) is 11.8 Å². The Morgan fingerprint density at radius 2 is 2.00 bits per heavy atom. The zero-order valence-electron chi connectivity index (χ0n) is 10.9. The molecule has 0 bridgehead atoms. The molecule has 0 aliphatic rings. The fourth-order valence-electron chi connectivity index (χ4n) is 1.61. The number of hydrogen-bond acceptors (Lipinski definition) is 4. The summed E-state index contributed by atoms with van der Waals surface area (Å²) in [5.41, 5.74) is 6.52. The highest BCUT2D eigenvalue weighted by atomic mass is 32.2. The number of nitrogens with zero attached hydrogens (tertiary/aromatic N) is 2. The van der Waals surface area contributed by atoms with Crippen molar-refractivity contribution in [2.75, 3.05) is 11.3 Å². The zero-order valence-corrected chi connectivity index (χ0v) is 11.7. The number of anilines is 1. The number of rotatable bonds is 3. The lowest BCUT2D eigenvalue weighted by atomic mass is 10.2. The lowest BCUT2D eigenvalue weighted by Gasteiger charge is -2.07. The van der Waals surface area contributed by atoms with Crippen LogP contribution in [0.25, 0.3) is 0 Å². The molecule has 2 rings (SSSR count). The van der Waals surface area contributed by atoms with E-state index in [1.54, 1.807) is 31.3 Å². The molecule has 0 saturated heterocycles. The first-order valence-electron chi connectivity index (χ1n) is 5.83. The lowest BCUT2D eigenvalue weighted by Crippen LogP contribution is -2.16. The maximum atomic E-state index is 12.1. The smallest absolute Gasteiger partial charge is 0.279 e. The summed E-state index contributed by atoms with van der Waals surface area (Å²) in [7, 11) is -2.07. The second-order valence-corrected chi connectivity index (χ2v) is 5.61. The Balaban J connectivity index is 2.20. The molecule has 0 amide bonds. The fraction of sp³-hybridized carbons (Fsp3) is 0.154. The molecule has 3 N–H and O–H groups in total. The van der Waals surface area contributed by atoms with Crippen LogP contribution >= 0.6 is 0 Å². The second kappa shape index (κ2) is 5.77. The van der Waals surface area contributed by atoms with E-state index < -0.39 is 10.0 Å². The van der Waals surface area contributed by atoms with Gasteiger partial charge in [-0.25, -0.2) is 0 Å². The van der Waals surface area contributed by atoms with Gasteiger partial charge in [0, 0.05) is 18.3 Å². The van der Waals surface area contributed by atoms with Crippen molar-refractivity contribution in [3.63, 3.8) is 0 Å². The van der Waals surface area contributed by atoms with Crippen LogP contribution in [-0.2, 0) is 17.1 Å². The summed E-state index contributed by atoms with van der Waals surface area (Å²) in [5, 5.41) is 3.94. The van der Waals surface area contributed by atoms with Crippen molar-refractivity contribution >= 4 is 15.7 Å². The highest BCUT2D eigenvalue weighted by Gasteiger charge is 2.17. The van der Waals surface area contributed by atoms with E-state index in [2.05, 4.69) is 21.7 Å². The number of sulfonamides is 1. The zero-order chi connectivity index (χ0) is 14.6. The molecule has 0 radical (unpaired) electrons. The minimum atomic E-state index is -3.64. The molecule has 0 spiro atoms. The molecular weight excluding hydrogens is 276 g/mol. The van der Waals surface area contributed by atoms with Gasteiger partial charge in [-0.3, -0.25) is 9.40 Å². The van der Waals surface area contributed by atoms with Crippen molar-refractivity contribution in [2.45, 2.75) is 5.03 Å². The molecule has 0 aliphatic heterocycles. The largest absolute Gasteiger partial charge is 0.320 e. The Kier molecular flexibility index (Phi) is 4.08. The Hall–Kier alpha value is -2.30. The van der Waals surface area contributed by atoms with Gasteiger partial charge in [0.2, 0.25) is 0 Å². The molecule has 0 unspecified atom stereocenters.